The smallest absolute Gasteiger partial charge is 0.253 e. The highest BCUT2D eigenvalue weighted by atomic mass is 19.2. The quantitative estimate of drug-likeness (QED) is 0.736. The molecule has 1 N–H and O–H groups in total. The molecule has 0 unspecified atom stereocenters. The maximum atomic E-state index is 13.2. The monoisotopic (exact) mass is 346 g/mol. The molecule has 1 aromatic heterocycles. The molecule has 4 nitrogen and oxygen atoms in total. The van der Waals surface area contributed by atoms with Crippen molar-refractivity contribution in [2.75, 3.05) is 0 Å². The molecular weight excluding hydrogens is 333 g/mol. The van der Waals surface area contributed by atoms with Crippen molar-refractivity contribution in [1.82, 2.24) is 9.88 Å². The summed E-state index contributed by atoms with van der Waals surface area (Å²) in [6.07, 6.45) is 1.41. The van der Waals surface area contributed by atoms with Crippen LogP contribution >= 0.6 is 0 Å². The molecule has 3 aromatic rings. The van der Waals surface area contributed by atoms with E-state index in [1.807, 2.05) is 0 Å². The van der Waals surface area contributed by atoms with Crippen LogP contribution in [0.2, 0.25) is 0 Å². The van der Waals surface area contributed by atoms with Gasteiger partial charge in [0.1, 0.15) is 0 Å². The molecule has 0 radical (unpaired) electrons. The number of nitrogens with one attached hydrogen (secondary N) is 1. The van der Waals surface area contributed by atoms with Gasteiger partial charge in [-0.15, -0.1) is 0 Å². The van der Waals surface area contributed by atoms with Crippen LogP contribution in [0.1, 0.15) is 27.6 Å². The second-order valence-corrected chi connectivity index (χ2v) is 5.51. The highest BCUT2D eigenvalue weighted by molar-refractivity contribution is 6.09. The zero-order chi connectivity index (χ0) is 18.1. The molecule has 0 aliphatic rings. The average molecular weight is 346 g/mol. The lowest BCUT2D eigenvalue weighted by Crippen LogP contribution is -2.23. The summed E-state index contributed by atoms with van der Waals surface area (Å²) in [6, 6.07) is 8.51. The zero-order valence-corrected chi connectivity index (χ0v) is 13.1. The van der Waals surface area contributed by atoms with Crippen LogP contribution in [-0.2, 0) is 6.54 Å². The number of aromatic nitrogens is 1. The maximum absolute atomic E-state index is 13.2. The van der Waals surface area contributed by atoms with Gasteiger partial charge in [-0.2, -0.15) is 0 Å². The minimum absolute atomic E-state index is 0.0834. The fraction of sp³-hybridized carbons (Fsp3) is 0.111. The van der Waals surface area contributed by atoms with E-state index in [0.29, 0.717) is 10.9 Å². The Morgan fingerprint density at radius 2 is 1.72 bits per heavy atom. The van der Waals surface area contributed by atoms with Crippen molar-refractivity contribution >= 4 is 22.7 Å². The van der Waals surface area contributed by atoms with Crippen LogP contribution in [0.4, 0.5) is 13.2 Å². The Bertz CT molecular complexity index is 972. The summed E-state index contributed by atoms with van der Waals surface area (Å²) >= 11 is 0. The molecule has 1 heterocycles. The summed E-state index contributed by atoms with van der Waals surface area (Å²) < 4.78 is 40.7. The van der Waals surface area contributed by atoms with Crippen LogP contribution in [0.3, 0.4) is 0 Å². The van der Waals surface area contributed by atoms with Gasteiger partial charge in [-0.25, -0.2) is 13.2 Å². The van der Waals surface area contributed by atoms with Gasteiger partial charge in [0, 0.05) is 25.1 Å². The van der Waals surface area contributed by atoms with E-state index in [-0.39, 0.29) is 23.6 Å². The third-order valence-corrected chi connectivity index (χ3v) is 3.79. The molecule has 0 saturated carbocycles. The van der Waals surface area contributed by atoms with Gasteiger partial charge in [-0.1, -0.05) is 18.2 Å². The lowest BCUT2D eigenvalue weighted by atomic mass is 10.1. The predicted octanol–water partition coefficient (Wildman–Crippen LogP) is 3.65. The molecule has 3 rings (SSSR count). The van der Waals surface area contributed by atoms with Crippen molar-refractivity contribution in [2.24, 2.45) is 0 Å². The molecule has 128 valence electrons. The largest absolute Gasteiger partial charge is 0.348 e. The molecule has 7 heteroatoms. The Hall–Kier alpha value is -3.09. The van der Waals surface area contributed by atoms with Gasteiger partial charge in [-0.3, -0.25) is 14.2 Å². The van der Waals surface area contributed by atoms with Crippen LogP contribution in [0.15, 0.2) is 42.6 Å². The minimum atomic E-state index is -1.56. The van der Waals surface area contributed by atoms with Crippen molar-refractivity contribution in [3.8, 4) is 0 Å². The standard InChI is InChI=1S/C18H13F3N2O2/c1-10(24)23-9-13(12-4-2-3-5-16(12)23)18(25)22-8-11-6-14(19)17(21)15(20)7-11/h2-7,9H,8H2,1H3,(H,22,25). The van der Waals surface area contributed by atoms with E-state index in [1.54, 1.807) is 24.3 Å². The maximum Gasteiger partial charge on any atom is 0.253 e. The van der Waals surface area contributed by atoms with Gasteiger partial charge in [0.05, 0.1) is 11.1 Å². The second-order valence-electron chi connectivity index (χ2n) is 5.51. The van der Waals surface area contributed by atoms with Crippen LogP contribution in [-0.4, -0.2) is 16.4 Å². The number of nitrogens with zero attached hydrogens (tertiary/aromatic N) is 1. The first-order valence-electron chi connectivity index (χ1n) is 7.41. The van der Waals surface area contributed by atoms with Gasteiger partial charge in [0.2, 0.25) is 5.91 Å². The van der Waals surface area contributed by atoms with Crippen LogP contribution in [0, 0.1) is 17.5 Å². The highest BCUT2D eigenvalue weighted by Crippen LogP contribution is 2.21. The predicted molar refractivity (Wildman–Crippen MR) is 85.7 cm³/mol. The lowest BCUT2D eigenvalue weighted by molar-refractivity contribution is 0.0941. The summed E-state index contributed by atoms with van der Waals surface area (Å²) in [5.41, 5.74) is 0.924. The van der Waals surface area contributed by atoms with Crippen LogP contribution in [0.5, 0.6) is 0 Å². The van der Waals surface area contributed by atoms with E-state index in [0.717, 1.165) is 12.1 Å². The fourth-order valence-corrected chi connectivity index (χ4v) is 2.61. The van der Waals surface area contributed by atoms with E-state index in [1.165, 1.54) is 17.7 Å². The third kappa shape index (κ3) is 3.13. The van der Waals surface area contributed by atoms with Crippen molar-refractivity contribution in [3.05, 3.63) is 71.2 Å². The van der Waals surface area contributed by atoms with Crippen LogP contribution in [0.25, 0.3) is 10.9 Å². The Morgan fingerprint density at radius 3 is 2.36 bits per heavy atom. The molecule has 0 aliphatic heterocycles. The number of halogens is 3. The van der Waals surface area contributed by atoms with E-state index in [4.69, 9.17) is 0 Å². The number of carbonyl (C=O) groups excluding carboxylic acids is 2. The van der Waals surface area contributed by atoms with Gasteiger partial charge < -0.3 is 5.32 Å². The third-order valence-electron chi connectivity index (χ3n) is 3.79. The molecule has 25 heavy (non-hydrogen) atoms. The molecular formula is C18H13F3N2O2. The lowest BCUT2D eigenvalue weighted by Gasteiger charge is -2.06. The van der Waals surface area contributed by atoms with Gasteiger partial charge in [0.25, 0.3) is 5.91 Å². The van der Waals surface area contributed by atoms with Gasteiger partial charge in [-0.05, 0) is 23.8 Å². The molecule has 2 aromatic carbocycles. The van der Waals surface area contributed by atoms with E-state index in [2.05, 4.69) is 5.32 Å². The molecule has 0 bridgehead atoms. The summed E-state index contributed by atoms with van der Waals surface area (Å²) in [6.45, 7) is 1.19. The van der Waals surface area contributed by atoms with E-state index < -0.39 is 23.4 Å². The topological polar surface area (TPSA) is 51.1 Å². The summed E-state index contributed by atoms with van der Waals surface area (Å²) in [7, 11) is 0. The Kier molecular flexibility index (Phi) is 4.31. The van der Waals surface area contributed by atoms with Gasteiger partial charge in [0.15, 0.2) is 17.5 Å². The number of para-hydroxylation sites is 1. The molecule has 1 amide bonds. The minimum Gasteiger partial charge on any atom is -0.348 e. The Balaban J connectivity index is 1.87. The molecule has 0 atom stereocenters. The van der Waals surface area contributed by atoms with E-state index in [9.17, 15) is 22.8 Å². The molecule has 0 saturated heterocycles. The summed E-state index contributed by atoms with van der Waals surface area (Å²) in [4.78, 5) is 24.1. The summed E-state index contributed by atoms with van der Waals surface area (Å²) in [5, 5.41) is 3.09. The Morgan fingerprint density at radius 1 is 1.08 bits per heavy atom. The number of benzene rings is 2. The average Bonchev–Trinajstić information content (AvgIpc) is 2.97. The number of hydrogen-bond donors (Lipinski definition) is 1. The van der Waals surface area contributed by atoms with Crippen molar-refractivity contribution in [3.63, 3.8) is 0 Å². The highest BCUT2D eigenvalue weighted by Gasteiger charge is 2.17. The van der Waals surface area contributed by atoms with Crippen molar-refractivity contribution in [2.45, 2.75) is 13.5 Å². The normalized spacial score (nSPS) is 10.9. The fourth-order valence-electron chi connectivity index (χ4n) is 2.61. The Labute approximate surface area is 140 Å². The zero-order valence-electron chi connectivity index (χ0n) is 13.1. The SMILES string of the molecule is CC(=O)n1cc(C(=O)NCc2cc(F)c(F)c(F)c2)c2ccccc21. The number of fused-ring (bicyclic) bond motifs is 1. The molecule has 0 spiro atoms. The number of amides is 1. The second kappa shape index (κ2) is 6.43. The molecule has 0 aliphatic carbocycles. The molecule has 0 fully saturated rings. The first-order chi connectivity index (χ1) is 11.9. The number of carbonyl (C=O) groups is 2. The number of rotatable bonds is 3. The number of hydrogen-bond acceptors (Lipinski definition) is 2. The van der Waals surface area contributed by atoms with Gasteiger partial charge >= 0.3 is 0 Å². The van der Waals surface area contributed by atoms with Crippen molar-refractivity contribution < 1.29 is 22.8 Å². The summed E-state index contributed by atoms with van der Waals surface area (Å²) in [5.74, 6) is -4.96. The van der Waals surface area contributed by atoms with Crippen molar-refractivity contribution in [1.29, 1.82) is 0 Å². The first kappa shape index (κ1) is 16.8. The first-order valence-corrected chi connectivity index (χ1v) is 7.41. The van der Waals surface area contributed by atoms with E-state index >= 15 is 0 Å². The van der Waals surface area contributed by atoms with Crippen LogP contribution < -0.4 is 5.32 Å².